The Kier molecular flexibility index (Phi) is 2.05. The second-order valence-corrected chi connectivity index (χ2v) is 3.44. The van der Waals surface area contributed by atoms with Gasteiger partial charge in [-0.2, -0.15) is 0 Å². The first-order valence-electron chi connectivity index (χ1n) is 3.64. The molecule has 1 aromatic rings. The maximum atomic E-state index is 11.3. The molecule has 1 aliphatic rings. The minimum Gasteiger partial charge on any atom is -0.377 e. The summed E-state index contributed by atoms with van der Waals surface area (Å²) < 4.78 is 4.92. The summed E-state index contributed by atoms with van der Waals surface area (Å²) in [6, 6.07) is 0.182. The van der Waals surface area contributed by atoms with Crippen LogP contribution in [0, 0.1) is 0 Å². The van der Waals surface area contributed by atoms with Crippen LogP contribution in [-0.4, -0.2) is 30.1 Å². The van der Waals surface area contributed by atoms with E-state index in [1.807, 2.05) is 0 Å². The monoisotopic (exact) mass is 184 g/mol. The SMILES string of the molecule is O=C(NC1COC1)c1nccs1. The number of nitrogens with zero attached hydrogens (tertiary/aromatic N) is 1. The predicted molar refractivity (Wildman–Crippen MR) is 44.2 cm³/mol. The summed E-state index contributed by atoms with van der Waals surface area (Å²) in [4.78, 5) is 15.2. The maximum absolute atomic E-state index is 11.3. The van der Waals surface area contributed by atoms with E-state index in [1.165, 1.54) is 11.3 Å². The number of hydrogen-bond donors (Lipinski definition) is 1. The predicted octanol–water partition coefficient (Wildman–Crippen LogP) is 0.272. The van der Waals surface area contributed by atoms with Gasteiger partial charge in [-0.1, -0.05) is 0 Å². The summed E-state index contributed by atoms with van der Waals surface area (Å²) in [6.45, 7) is 1.24. The number of carbonyl (C=O) groups excluding carboxylic acids is 1. The van der Waals surface area contributed by atoms with Gasteiger partial charge in [-0.3, -0.25) is 4.79 Å². The minimum absolute atomic E-state index is 0.0988. The van der Waals surface area contributed by atoms with Crippen molar-refractivity contribution in [2.24, 2.45) is 0 Å². The van der Waals surface area contributed by atoms with Gasteiger partial charge in [-0.15, -0.1) is 11.3 Å². The number of nitrogens with one attached hydrogen (secondary N) is 1. The van der Waals surface area contributed by atoms with Gasteiger partial charge < -0.3 is 10.1 Å². The Morgan fingerprint density at radius 3 is 3.08 bits per heavy atom. The van der Waals surface area contributed by atoms with Crippen LogP contribution in [0.15, 0.2) is 11.6 Å². The van der Waals surface area contributed by atoms with Gasteiger partial charge >= 0.3 is 0 Å². The van der Waals surface area contributed by atoms with Gasteiger partial charge in [0.1, 0.15) is 0 Å². The molecule has 0 aromatic carbocycles. The molecule has 0 spiro atoms. The number of hydrogen-bond acceptors (Lipinski definition) is 4. The molecule has 5 heteroatoms. The Morgan fingerprint density at radius 1 is 1.75 bits per heavy atom. The van der Waals surface area contributed by atoms with Crippen LogP contribution in [0.2, 0.25) is 0 Å². The Bertz CT molecular complexity index is 269. The molecule has 2 rings (SSSR count). The highest BCUT2D eigenvalue weighted by molar-refractivity contribution is 7.11. The normalized spacial score (nSPS) is 17.0. The van der Waals surface area contributed by atoms with E-state index in [-0.39, 0.29) is 11.9 Å². The van der Waals surface area contributed by atoms with Crippen molar-refractivity contribution >= 4 is 17.2 Å². The van der Waals surface area contributed by atoms with E-state index < -0.39 is 0 Å². The van der Waals surface area contributed by atoms with Crippen molar-refractivity contribution in [1.29, 1.82) is 0 Å². The van der Waals surface area contributed by atoms with Gasteiger partial charge in [0.05, 0.1) is 19.3 Å². The summed E-state index contributed by atoms with van der Waals surface area (Å²) in [5.41, 5.74) is 0. The van der Waals surface area contributed by atoms with Gasteiger partial charge in [0.25, 0.3) is 5.91 Å². The number of carbonyl (C=O) groups is 1. The highest BCUT2D eigenvalue weighted by Gasteiger charge is 2.21. The van der Waals surface area contributed by atoms with Crippen LogP contribution < -0.4 is 5.32 Å². The van der Waals surface area contributed by atoms with E-state index in [1.54, 1.807) is 11.6 Å². The Labute approximate surface area is 73.6 Å². The highest BCUT2D eigenvalue weighted by atomic mass is 32.1. The molecule has 0 unspecified atom stereocenters. The largest absolute Gasteiger partial charge is 0.377 e. The number of ether oxygens (including phenoxy) is 1. The fourth-order valence-corrected chi connectivity index (χ4v) is 1.44. The summed E-state index contributed by atoms with van der Waals surface area (Å²) in [7, 11) is 0. The molecule has 2 heterocycles. The second kappa shape index (κ2) is 3.20. The van der Waals surface area contributed by atoms with Crippen LogP contribution in [0.4, 0.5) is 0 Å². The van der Waals surface area contributed by atoms with Crippen molar-refractivity contribution in [2.45, 2.75) is 6.04 Å². The van der Waals surface area contributed by atoms with Crippen LogP contribution in [0.5, 0.6) is 0 Å². The van der Waals surface area contributed by atoms with E-state index >= 15 is 0 Å². The molecule has 1 fully saturated rings. The Morgan fingerprint density at radius 2 is 2.58 bits per heavy atom. The van der Waals surface area contributed by atoms with Gasteiger partial charge in [-0.25, -0.2) is 4.98 Å². The van der Waals surface area contributed by atoms with Crippen LogP contribution in [0.1, 0.15) is 9.80 Å². The number of thiazole rings is 1. The molecule has 0 atom stereocenters. The standard InChI is InChI=1S/C7H8N2O2S/c10-6(7-8-1-2-12-7)9-5-3-11-4-5/h1-2,5H,3-4H2,(H,9,10). The molecule has 1 aromatic heterocycles. The molecule has 1 N–H and O–H groups in total. The molecular formula is C7H8N2O2S. The van der Waals surface area contributed by atoms with Gasteiger partial charge in [0.2, 0.25) is 0 Å². The summed E-state index contributed by atoms with van der Waals surface area (Å²) in [6.07, 6.45) is 1.62. The Balaban J connectivity index is 1.92. The van der Waals surface area contributed by atoms with Crippen molar-refractivity contribution in [3.63, 3.8) is 0 Å². The van der Waals surface area contributed by atoms with Crippen LogP contribution in [0.3, 0.4) is 0 Å². The van der Waals surface area contributed by atoms with Gasteiger partial charge in [0, 0.05) is 11.6 Å². The number of rotatable bonds is 2. The number of amides is 1. The van der Waals surface area contributed by atoms with Gasteiger partial charge in [0.15, 0.2) is 5.01 Å². The average Bonchev–Trinajstić information content (AvgIpc) is 2.47. The Hall–Kier alpha value is -0.940. The van der Waals surface area contributed by atoms with Gasteiger partial charge in [-0.05, 0) is 0 Å². The third-order valence-electron chi connectivity index (χ3n) is 1.60. The summed E-state index contributed by atoms with van der Waals surface area (Å²) in [5.74, 6) is -0.0988. The highest BCUT2D eigenvalue weighted by Crippen LogP contribution is 2.06. The van der Waals surface area contributed by atoms with Crippen LogP contribution >= 0.6 is 11.3 Å². The molecule has 0 radical (unpaired) electrons. The van der Waals surface area contributed by atoms with E-state index in [4.69, 9.17) is 4.74 Å². The van der Waals surface area contributed by atoms with Crippen LogP contribution in [-0.2, 0) is 4.74 Å². The van der Waals surface area contributed by atoms with E-state index in [0.29, 0.717) is 18.2 Å². The molecule has 1 aliphatic heterocycles. The third-order valence-corrected chi connectivity index (χ3v) is 2.37. The zero-order valence-electron chi connectivity index (χ0n) is 6.32. The lowest BCUT2D eigenvalue weighted by Crippen LogP contribution is -2.48. The molecule has 64 valence electrons. The van der Waals surface area contributed by atoms with Crippen molar-refractivity contribution in [2.75, 3.05) is 13.2 Å². The average molecular weight is 184 g/mol. The van der Waals surface area contributed by atoms with Crippen molar-refractivity contribution in [1.82, 2.24) is 10.3 Å². The fourth-order valence-electron chi connectivity index (χ4n) is 0.902. The zero-order chi connectivity index (χ0) is 8.39. The fraction of sp³-hybridized carbons (Fsp3) is 0.429. The molecule has 4 nitrogen and oxygen atoms in total. The first kappa shape index (κ1) is 7.70. The van der Waals surface area contributed by atoms with Crippen molar-refractivity contribution in [3.8, 4) is 0 Å². The first-order valence-corrected chi connectivity index (χ1v) is 4.52. The molecule has 12 heavy (non-hydrogen) atoms. The topological polar surface area (TPSA) is 51.2 Å². The zero-order valence-corrected chi connectivity index (χ0v) is 7.13. The van der Waals surface area contributed by atoms with Crippen LogP contribution in [0.25, 0.3) is 0 Å². The molecule has 0 aliphatic carbocycles. The molecule has 1 saturated heterocycles. The molecule has 1 amide bonds. The third kappa shape index (κ3) is 1.46. The van der Waals surface area contributed by atoms with Crippen molar-refractivity contribution in [3.05, 3.63) is 16.6 Å². The smallest absolute Gasteiger partial charge is 0.280 e. The quantitative estimate of drug-likeness (QED) is 0.717. The van der Waals surface area contributed by atoms with E-state index in [9.17, 15) is 4.79 Å². The van der Waals surface area contributed by atoms with E-state index in [2.05, 4.69) is 10.3 Å². The first-order chi connectivity index (χ1) is 5.86. The minimum atomic E-state index is -0.0988. The van der Waals surface area contributed by atoms with E-state index in [0.717, 1.165) is 0 Å². The van der Waals surface area contributed by atoms with Crippen molar-refractivity contribution < 1.29 is 9.53 Å². The second-order valence-electron chi connectivity index (χ2n) is 2.55. The maximum Gasteiger partial charge on any atom is 0.280 e. The molecular weight excluding hydrogens is 176 g/mol. The summed E-state index contributed by atoms with van der Waals surface area (Å²) in [5, 5.41) is 5.10. The molecule has 0 bridgehead atoms. The summed E-state index contributed by atoms with van der Waals surface area (Å²) >= 11 is 1.34. The number of aromatic nitrogens is 1. The lowest BCUT2D eigenvalue weighted by molar-refractivity contribution is -0.00346. The molecule has 0 saturated carbocycles. The lowest BCUT2D eigenvalue weighted by atomic mass is 10.2. The lowest BCUT2D eigenvalue weighted by Gasteiger charge is -2.26.